The maximum atomic E-state index is 12.3. The maximum absolute atomic E-state index is 12.3. The van der Waals surface area contributed by atoms with Gasteiger partial charge >= 0.3 is 6.18 Å². The van der Waals surface area contributed by atoms with Crippen molar-refractivity contribution in [2.45, 2.75) is 6.18 Å². The van der Waals surface area contributed by atoms with E-state index in [1.54, 1.807) is 12.1 Å². The van der Waals surface area contributed by atoms with Gasteiger partial charge in [-0.25, -0.2) is 0 Å². The third kappa shape index (κ3) is 6.74. The number of rotatable bonds is 5. The van der Waals surface area contributed by atoms with E-state index in [-0.39, 0.29) is 21.6 Å². The smallest absolute Gasteiger partial charge is 0.422 e. The maximum Gasteiger partial charge on any atom is 0.422 e. The highest BCUT2D eigenvalue weighted by atomic mass is 35.5. The predicted octanol–water partition coefficient (Wildman–Crippen LogP) is 5.65. The Kier molecular flexibility index (Phi) is 6.68. The van der Waals surface area contributed by atoms with Crippen molar-refractivity contribution < 1.29 is 22.8 Å². The normalized spacial score (nSPS) is 11.0. The molecule has 0 heterocycles. The molecule has 2 aromatic rings. The van der Waals surface area contributed by atoms with Crippen molar-refractivity contribution in [1.29, 1.82) is 0 Å². The molecule has 0 amide bonds. The van der Waals surface area contributed by atoms with Gasteiger partial charge in [-0.15, -0.1) is 0 Å². The van der Waals surface area contributed by atoms with Crippen LogP contribution in [0.3, 0.4) is 0 Å². The first-order chi connectivity index (χ1) is 12.5. The number of halogens is 5. The lowest BCUT2D eigenvalue weighted by molar-refractivity contribution is -0.384. The number of anilines is 2. The molecule has 0 saturated heterocycles. The molecular weight excluding hydrogens is 430 g/mol. The summed E-state index contributed by atoms with van der Waals surface area (Å²) in [5, 5.41) is 17.0. The fourth-order valence-electron chi connectivity index (χ4n) is 1.88. The molecule has 0 atom stereocenters. The Balaban J connectivity index is 2.17. The van der Waals surface area contributed by atoms with E-state index in [2.05, 4.69) is 15.4 Å². The summed E-state index contributed by atoms with van der Waals surface area (Å²) in [6.45, 7) is -1.59. The van der Waals surface area contributed by atoms with Crippen LogP contribution in [0.1, 0.15) is 0 Å². The van der Waals surface area contributed by atoms with Crippen LogP contribution >= 0.6 is 35.4 Å². The van der Waals surface area contributed by atoms with Gasteiger partial charge in [0.15, 0.2) is 11.7 Å². The molecule has 27 heavy (non-hydrogen) atoms. The minimum Gasteiger partial charge on any atom is -0.484 e. The largest absolute Gasteiger partial charge is 0.484 e. The minimum atomic E-state index is -4.58. The number of alkyl halides is 3. The lowest BCUT2D eigenvalue weighted by Gasteiger charge is -2.14. The standard InChI is InChI=1S/C15H10Cl2F3N3O3S/c16-8-1-2-13(12(17)3-8)22-14(27)21-9-4-10(23(24)25)6-11(5-9)26-7-15(18,19)20/h1-6H,7H2,(H2,21,22,27). The number of non-ortho nitro benzene ring substituents is 1. The Hall–Kier alpha value is -2.30. The zero-order chi connectivity index (χ0) is 20.2. The number of nitro benzene ring substituents is 1. The summed E-state index contributed by atoms with van der Waals surface area (Å²) in [5.41, 5.74) is 0.00556. The van der Waals surface area contributed by atoms with Crippen molar-refractivity contribution in [3.05, 3.63) is 56.6 Å². The SMILES string of the molecule is O=[N+]([O-])c1cc(NC(=S)Nc2ccc(Cl)cc2Cl)cc(OCC(F)(F)F)c1. The molecule has 0 radical (unpaired) electrons. The molecule has 2 rings (SSSR count). The number of ether oxygens (including phenoxy) is 1. The third-order valence-electron chi connectivity index (χ3n) is 2.94. The van der Waals surface area contributed by atoms with E-state index in [0.717, 1.165) is 18.2 Å². The average molecular weight is 440 g/mol. The molecular formula is C15H10Cl2F3N3O3S. The first-order valence-corrected chi connectivity index (χ1v) is 8.22. The van der Waals surface area contributed by atoms with Crippen LogP contribution in [0, 0.1) is 10.1 Å². The van der Waals surface area contributed by atoms with E-state index >= 15 is 0 Å². The van der Waals surface area contributed by atoms with E-state index < -0.39 is 23.4 Å². The Morgan fingerprint density at radius 1 is 1.19 bits per heavy atom. The van der Waals surface area contributed by atoms with Gasteiger partial charge in [0.25, 0.3) is 5.69 Å². The van der Waals surface area contributed by atoms with Gasteiger partial charge in [0, 0.05) is 17.2 Å². The van der Waals surface area contributed by atoms with E-state index in [1.165, 1.54) is 6.07 Å². The van der Waals surface area contributed by atoms with Crippen LogP contribution in [0.25, 0.3) is 0 Å². The summed E-state index contributed by atoms with van der Waals surface area (Å²) in [6.07, 6.45) is -4.58. The number of nitrogens with zero attached hydrogens (tertiary/aromatic N) is 1. The van der Waals surface area contributed by atoms with Gasteiger partial charge in [0.05, 0.1) is 27.4 Å². The van der Waals surface area contributed by atoms with E-state index in [0.29, 0.717) is 10.7 Å². The van der Waals surface area contributed by atoms with Gasteiger partial charge < -0.3 is 15.4 Å². The van der Waals surface area contributed by atoms with Crippen molar-refractivity contribution in [1.82, 2.24) is 0 Å². The average Bonchev–Trinajstić information content (AvgIpc) is 2.54. The van der Waals surface area contributed by atoms with Crippen LogP contribution in [0.2, 0.25) is 10.0 Å². The molecule has 0 saturated carbocycles. The van der Waals surface area contributed by atoms with Crippen molar-refractivity contribution in [3.63, 3.8) is 0 Å². The number of nitrogens with one attached hydrogen (secondary N) is 2. The third-order valence-corrected chi connectivity index (χ3v) is 3.69. The summed E-state index contributed by atoms with van der Waals surface area (Å²) in [4.78, 5) is 10.2. The molecule has 0 aliphatic carbocycles. The number of thiocarbonyl (C=S) groups is 1. The molecule has 12 heteroatoms. The second kappa shape index (κ2) is 8.59. The zero-order valence-corrected chi connectivity index (χ0v) is 15.5. The quantitative estimate of drug-likeness (QED) is 0.356. The molecule has 6 nitrogen and oxygen atoms in total. The Morgan fingerprint density at radius 3 is 2.48 bits per heavy atom. The number of nitro groups is 1. The molecule has 144 valence electrons. The topological polar surface area (TPSA) is 76.4 Å². The Labute approximate surface area is 166 Å². The van der Waals surface area contributed by atoms with Crippen LogP contribution in [0.4, 0.5) is 30.2 Å². The zero-order valence-electron chi connectivity index (χ0n) is 13.1. The summed E-state index contributed by atoms with van der Waals surface area (Å²) in [6, 6.07) is 7.72. The molecule has 2 aromatic carbocycles. The highest BCUT2D eigenvalue weighted by molar-refractivity contribution is 7.80. The van der Waals surface area contributed by atoms with E-state index in [4.69, 9.17) is 35.4 Å². The monoisotopic (exact) mass is 439 g/mol. The van der Waals surface area contributed by atoms with Crippen LogP contribution < -0.4 is 15.4 Å². The van der Waals surface area contributed by atoms with Gasteiger partial charge in [0.1, 0.15) is 5.75 Å². The second-order valence-electron chi connectivity index (χ2n) is 5.08. The first kappa shape index (κ1) is 21.0. The molecule has 0 fully saturated rings. The highest BCUT2D eigenvalue weighted by Gasteiger charge is 2.28. The molecule has 0 aliphatic rings. The predicted molar refractivity (Wildman–Crippen MR) is 101 cm³/mol. The van der Waals surface area contributed by atoms with Crippen molar-refractivity contribution in [3.8, 4) is 5.75 Å². The summed E-state index contributed by atoms with van der Waals surface area (Å²) in [5.74, 6) is -0.337. The van der Waals surface area contributed by atoms with Crippen LogP contribution in [0.5, 0.6) is 5.75 Å². The minimum absolute atomic E-state index is 0.00138. The second-order valence-corrected chi connectivity index (χ2v) is 6.33. The van der Waals surface area contributed by atoms with E-state index in [1.807, 2.05) is 0 Å². The van der Waals surface area contributed by atoms with Crippen molar-refractivity contribution in [2.75, 3.05) is 17.2 Å². The first-order valence-electron chi connectivity index (χ1n) is 7.05. The molecule has 2 N–H and O–H groups in total. The van der Waals surface area contributed by atoms with Gasteiger partial charge in [-0.3, -0.25) is 10.1 Å². The molecule has 0 bridgehead atoms. The molecule has 0 spiro atoms. The van der Waals surface area contributed by atoms with Crippen molar-refractivity contribution >= 4 is 57.6 Å². The van der Waals surface area contributed by atoms with Crippen molar-refractivity contribution in [2.24, 2.45) is 0 Å². The number of benzene rings is 2. The van der Waals surface area contributed by atoms with Gasteiger partial charge in [0.2, 0.25) is 0 Å². The lowest BCUT2D eigenvalue weighted by Crippen LogP contribution is -2.20. The van der Waals surface area contributed by atoms with Crippen LogP contribution in [-0.2, 0) is 0 Å². The Bertz CT molecular complexity index is 881. The Morgan fingerprint density at radius 2 is 1.89 bits per heavy atom. The molecule has 0 unspecified atom stereocenters. The summed E-state index contributed by atoms with van der Waals surface area (Å²) in [7, 11) is 0. The molecule has 0 aliphatic heterocycles. The fraction of sp³-hybridized carbons (Fsp3) is 0.133. The lowest BCUT2D eigenvalue weighted by atomic mass is 10.2. The van der Waals surface area contributed by atoms with Crippen LogP contribution in [-0.4, -0.2) is 22.8 Å². The van der Waals surface area contributed by atoms with Crippen LogP contribution in [0.15, 0.2) is 36.4 Å². The highest BCUT2D eigenvalue weighted by Crippen LogP contribution is 2.29. The number of hydrogen-bond acceptors (Lipinski definition) is 4. The van der Waals surface area contributed by atoms with Gasteiger partial charge in [-0.2, -0.15) is 13.2 Å². The molecule has 0 aromatic heterocycles. The number of hydrogen-bond donors (Lipinski definition) is 2. The van der Waals surface area contributed by atoms with E-state index in [9.17, 15) is 23.3 Å². The summed E-state index contributed by atoms with van der Waals surface area (Å²) < 4.78 is 41.4. The fourth-order valence-corrected chi connectivity index (χ4v) is 2.57. The van der Waals surface area contributed by atoms with Gasteiger partial charge in [-0.05, 0) is 30.4 Å². The summed E-state index contributed by atoms with van der Waals surface area (Å²) >= 11 is 16.9. The van der Waals surface area contributed by atoms with Gasteiger partial charge in [-0.1, -0.05) is 23.2 Å².